The molecule has 0 aromatic rings. The second-order valence-corrected chi connectivity index (χ2v) is 3.22. The van der Waals surface area contributed by atoms with Crippen LogP contribution in [-0.4, -0.2) is 10.6 Å². The van der Waals surface area contributed by atoms with Crippen molar-refractivity contribution in [3.8, 4) is 0 Å². The van der Waals surface area contributed by atoms with E-state index in [0.717, 1.165) is 0 Å². The molecule has 1 saturated heterocycles. The first-order valence-corrected chi connectivity index (χ1v) is 3.33. The Morgan fingerprint density at radius 1 is 1.50 bits per heavy atom. The van der Waals surface area contributed by atoms with Crippen LogP contribution < -0.4 is 0 Å². The highest BCUT2D eigenvalue weighted by Gasteiger charge is 2.51. The molecule has 0 spiro atoms. The molecular weight excluding hydrogens is 168 g/mol. The van der Waals surface area contributed by atoms with Crippen LogP contribution in [0.15, 0.2) is 24.3 Å². The van der Waals surface area contributed by atoms with Crippen LogP contribution in [0.4, 0.5) is 0 Å². The summed E-state index contributed by atoms with van der Waals surface area (Å²) in [6.45, 7) is 0. The van der Waals surface area contributed by atoms with Crippen molar-refractivity contribution in [2.75, 3.05) is 0 Å². The number of rotatable bonds is 0. The van der Waals surface area contributed by atoms with Gasteiger partial charge in [0.2, 0.25) is 0 Å². The van der Waals surface area contributed by atoms with Gasteiger partial charge >= 0.3 is 0 Å². The number of alkyl halides is 1. The van der Waals surface area contributed by atoms with Crippen LogP contribution in [0.3, 0.4) is 0 Å². The molecule has 0 aromatic heterocycles. The predicted octanol–water partition coefficient (Wildman–Crippen LogP) is 1.60. The summed E-state index contributed by atoms with van der Waals surface area (Å²) in [5.41, 5.74) is 0. The maximum absolute atomic E-state index is 5.21. The summed E-state index contributed by atoms with van der Waals surface area (Å²) in [5.74, 6) is 0. The van der Waals surface area contributed by atoms with Gasteiger partial charge in [-0.1, -0.05) is 18.2 Å². The summed E-state index contributed by atoms with van der Waals surface area (Å²) in [6, 6.07) is 0. The van der Waals surface area contributed by atoms with Gasteiger partial charge in [0.05, 0.1) is 0 Å². The van der Waals surface area contributed by atoms with Crippen LogP contribution in [0.5, 0.6) is 0 Å². The molecule has 0 N–H and O–H groups in total. The zero-order chi connectivity index (χ0) is 5.61. The zero-order valence-corrected chi connectivity index (χ0v) is 5.76. The minimum Gasteiger partial charge on any atom is -0.345 e. The second kappa shape index (κ2) is 1.25. The number of halogens is 1. The van der Waals surface area contributed by atoms with Gasteiger partial charge in [0.15, 0.2) is 4.51 Å². The van der Waals surface area contributed by atoms with E-state index in [1.54, 1.807) is 0 Å². The predicted molar refractivity (Wildman–Crippen MR) is 34.8 cm³/mol. The van der Waals surface area contributed by atoms with Crippen molar-refractivity contribution in [1.82, 2.24) is 0 Å². The molecule has 0 aromatic carbocycles. The SMILES string of the molecule is BrC12C=CC=CC1O2. The lowest BCUT2D eigenvalue weighted by molar-refractivity contribution is 0.403. The molecule has 8 heavy (non-hydrogen) atoms. The Kier molecular flexibility index (Phi) is 0.746. The lowest BCUT2D eigenvalue weighted by Crippen LogP contribution is -1.99. The largest absolute Gasteiger partial charge is 0.345 e. The topological polar surface area (TPSA) is 12.5 Å². The average molecular weight is 173 g/mol. The highest BCUT2D eigenvalue weighted by Crippen LogP contribution is 2.46. The Balaban J connectivity index is 2.33. The molecule has 1 aliphatic carbocycles. The Hall–Kier alpha value is -0.0800. The van der Waals surface area contributed by atoms with E-state index in [2.05, 4.69) is 15.9 Å². The van der Waals surface area contributed by atoms with Crippen LogP contribution in [-0.2, 0) is 4.74 Å². The van der Waals surface area contributed by atoms with Crippen LogP contribution in [0, 0.1) is 0 Å². The van der Waals surface area contributed by atoms with Gasteiger partial charge in [0.25, 0.3) is 0 Å². The van der Waals surface area contributed by atoms with Crippen molar-refractivity contribution in [2.45, 2.75) is 10.6 Å². The van der Waals surface area contributed by atoms with Crippen LogP contribution in [0.25, 0.3) is 0 Å². The van der Waals surface area contributed by atoms with Gasteiger partial charge in [-0.3, -0.25) is 0 Å². The molecule has 2 atom stereocenters. The number of ether oxygens (including phenoxy) is 1. The fraction of sp³-hybridized carbons (Fsp3) is 0.333. The maximum atomic E-state index is 5.21. The molecule has 2 aliphatic rings. The third kappa shape index (κ3) is 0.501. The summed E-state index contributed by atoms with van der Waals surface area (Å²) in [7, 11) is 0. The van der Waals surface area contributed by atoms with Crippen molar-refractivity contribution in [2.24, 2.45) is 0 Å². The highest BCUT2D eigenvalue weighted by atomic mass is 79.9. The first kappa shape index (κ1) is 4.77. The van der Waals surface area contributed by atoms with Gasteiger partial charge in [-0.15, -0.1) is 0 Å². The Morgan fingerprint density at radius 3 is 2.88 bits per heavy atom. The first-order chi connectivity index (χ1) is 3.81. The van der Waals surface area contributed by atoms with E-state index in [1.807, 2.05) is 24.3 Å². The van der Waals surface area contributed by atoms with Gasteiger partial charge in [-0.05, 0) is 22.0 Å². The van der Waals surface area contributed by atoms with E-state index in [4.69, 9.17) is 4.74 Å². The molecule has 1 heterocycles. The van der Waals surface area contributed by atoms with E-state index < -0.39 is 0 Å². The number of fused-ring (bicyclic) bond motifs is 1. The van der Waals surface area contributed by atoms with Gasteiger partial charge in [0.1, 0.15) is 6.10 Å². The number of hydrogen-bond acceptors (Lipinski definition) is 1. The third-order valence-corrected chi connectivity index (χ3v) is 2.26. The summed E-state index contributed by atoms with van der Waals surface area (Å²) in [5, 5.41) is 0. The van der Waals surface area contributed by atoms with Gasteiger partial charge in [-0.25, -0.2) is 0 Å². The third-order valence-electron chi connectivity index (χ3n) is 1.36. The van der Waals surface area contributed by atoms with Gasteiger partial charge < -0.3 is 4.74 Å². The summed E-state index contributed by atoms with van der Waals surface area (Å²) in [6.07, 6.45) is 8.33. The van der Waals surface area contributed by atoms with Crippen LogP contribution >= 0.6 is 15.9 Å². The Labute approximate surface area is 56.2 Å². The molecule has 2 heteroatoms. The van der Waals surface area contributed by atoms with E-state index in [1.165, 1.54) is 0 Å². The highest BCUT2D eigenvalue weighted by molar-refractivity contribution is 9.10. The lowest BCUT2D eigenvalue weighted by atomic mass is 10.2. The molecule has 0 radical (unpaired) electrons. The molecule has 2 rings (SSSR count). The molecule has 0 amide bonds. The van der Waals surface area contributed by atoms with E-state index >= 15 is 0 Å². The zero-order valence-electron chi connectivity index (χ0n) is 4.17. The Bertz CT molecular complexity index is 173. The van der Waals surface area contributed by atoms with Gasteiger partial charge in [0, 0.05) is 0 Å². The first-order valence-electron chi connectivity index (χ1n) is 2.54. The molecule has 42 valence electrons. The molecular formula is C6H5BrO. The normalized spacial score (nSPS) is 48.9. The standard InChI is InChI=1S/C6H5BrO/c7-6-4-2-1-3-5(6)8-6/h1-5H. The van der Waals surface area contributed by atoms with E-state index in [-0.39, 0.29) is 4.51 Å². The molecule has 1 aliphatic heterocycles. The minimum atomic E-state index is -0.109. The quantitative estimate of drug-likeness (QED) is 0.400. The van der Waals surface area contributed by atoms with Crippen molar-refractivity contribution < 1.29 is 4.74 Å². The number of hydrogen-bond donors (Lipinski definition) is 0. The fourth-order valence-electron chi connectivity index (χ4n) is 0.817. The van der Waals surface area contributed by atoms with Crippen molar-refractivity contribution in [1.29, 1.82) is 0 Å². The fourth-order valence-corrected chi connectivity index (χ4v) is 1.32. The second-order valence-electron chi connectivity index (χ2n) is 1.98. The summed E-state index contributed by atoms with van der Waals surface area (Å²) >= 11 is 3.41. The van der Waals surface area contributed by atoms with Crippen LogP contribution in [0.1, 0.15) is 0 Å². The Morgan fingerprint density at radius 2 is 2.38 bits per heavy atom. The average Bonchev–Trinajstić information content (AvgIpc) is 2.39. The lowest BCUT2D eigenvalue weighted by Gasteiger charge is -1.93. The molecule has 2 unspecified atom stereocenters. The summed E-state index contributed by atoms with van der Waals surface area (Å²) < 4.78 is 5.10. The van der Waals surface area contributed by atoms with Crippen molar-refractivity contribution in [3.63, 3.8) is 0 Å². The number of epoxide rings is 1. The molecule has 1 fully saturated rings. The molecule has 1 nitrogen and oxygen atoms in total. The molecule has 0 bridgehead atoms. The monoisotopic (exact) mass is 172 g/mol. The maximum Gasteiger partial charge on any atom is 0.172 e. The van der Waals surface area contributed by atoms with Crippen molar-refractivity contribution >= 4 is 15.9 Å². The van der Waals surface area contributed by atoms with E-state index in [0.29, 0.717) is 6.10 Å². The van der Waals surface area contributed by atoms with Crippen molar-refractivity contribution in [3.05, 3.63) is 24.3 Å². The van der Waals surface area contributed by atoms with Crippen LogP contribution in [0.2, 0.25) is 0 Å². The smallest absolute Gasteiger partial charge is 0.172 e. The minimum absolute atomic E-state index is 0.109. The van der Waals surface area contributed by atoms with E-state index in [9.17, 15) is 0 Å². The number of allylic oxidation sites excluding steroid dienone is 2. The molecule has 0 saturated carbocycles. The van der Waals surface area contributed by atoms with Gasteiger partial charge in [-0.2, -0.15) is 0 Å². The summed E-state index contributed by atoms with van der Waals surface area (Å²) in [4.78, 5) is 0.